The Labute approximate surface area is 89.5 Å². The summed E-state index contributed by atoms with van der Waals surface area (Å²) in [6.07, 6.45) is 1.97. The first-order chi connectivity index (χ1) is 7.08. The molecule has 1 aromatic rings. The highest BCUT2D eigenvalue weighted by molar-refractivity contribution is 5.27. The minimum absolute atomic E-state index is 0.00380. The van der Waals surface area contributed by atoms with Crippen molar-refractivity contribution in [3.8, 4) is 0 Å². The summed E-state index contributed by atoms with van der Waals surface area (Å²) in [5.74, 6) is 0.293. The number of rotatable bonds is 2. The summed E-state index contributed by atoms with van der Waals surface area (Å²) < 4.78 is 13.1. The molecule has 1 aliphatic rings. The SMILES string of the molecule is Cc1cc(C(N)C2CC(N)C2)ccc1F. The molecule has 0 spiro atoms. The fourth-order valence-corrected chi connectivity index (χ4v) is 2.15. The highest BCUT2D eigenvalue weighted by Gasteiger charge is 2.31. The van der Waals surface area contributed by atoms with Gasteiger partial charge in [-0.25, -0.2) is 4.39 Å². The molecule has 0 aromatic heterocycles. The van der Waals surface area contributed by atoms with Crippen LogP contribution in [0.1, 0.15) is 30.0 Å². The predicted octanol–water partition coefficient (Wildman–Crippen LogP) is 1.87. The lowest BCUT2D eigenvalue weighted by Crippen LogP contribution is -2.41. The number of aryl methyl sites for hydroxylation is 1. The largest absolute Gasteiger partial charge is 0.328 e. The van der Waals surface area contributed by atoms with Gasteiger partial charge in [0.15, 0.2) is 0 Å². The minimum Gasteiger partial charge on any atom is -0.328 e. The number of hydrogen-bond donors (Lipinski definition) is 2. The first-order valence-electron chi connectivity index (χ1n) is 5.35. The van der Waals surface area contributed by atoms with Crippen molar-refractivity contribution < 1.29 is 4.39 Å². The van der Waals surface area contributed by atoms with E-state index < -0.39 is 0 Å². The van der Waals surface area contributed by atoms with Gasteiger partial charge in [-0.15, -0.1) is 0 Å². The lowest BCUT2D eigenvalue weighted by Gasteiger charge is -2.37. The Bertz CT molecular complexity index is 359. The zero-order valence-corrected chi connectivity index (χ0v) is 8.91. The van der Waals surface area contributed by atoms with Crippen LogP contribution in [0.5, 0.6) is 0 Å². The molecule has 0 amide bonds. The third-order valence-electron chi connectivity index (χ3n) is 3.29. The summed E-state index contributed by atoms with van der Waals surface area (Å²) in [5, 5.41) is 0. The summed E-state index contributed by atoms with van der Waals surface area (Å²) in [6.45, 7) is 1.76. The molecule has 0 heterocycles. The number of benzene rings is 1. The molecule has 2 nitrogen and oxygen atoms in total. The molecule has 82 valence electrons. The maximum absolute atomic E-state index is 13.1. The van der Waals surface area contributed by atoms with Gasteiger partial charge in [0.2, 0.25) is 0 Å². The van der Waals surface area contributed by atoms with Crippen molar-refractivity contribution in [2.45, 2.75) is 31.8 Å². The van der Waals surface area contributed by atoms with Crippen LogP contribution >= 0.6 is 0 Å². The Morgan fingerprint density at radius 1 is 1.40 bits per heavy atom. The molecule has 0 radical (unpaired) electrons. The second-order valence-corrected chi connectivity index (χ2v) is 4.53. The molecule has 1 saturated carbocycles. The second kappa shape index (κ2) is 3.91. The van der Waals surface area contributed by atoms with Crippen molar-refractivity contribution in [3.05, 3.63) is 35.1 Å². The van der Waals surface area contributed by atoms with Crippen molar-refractivity contribution >= 4 is 0 Å². The third kappa shape index (κ3) is 2.03. The molecule has 0 bridgehead atoms. The van der Waals surface area contributed by atoms with Crippen LogP contribution < -0.4 is 11.5 Å². The molecule has 0 saturated heterocycles. The van der Waals surface area contributed by atoms with Crippen molar-refractivity contribution in [1.82, 2.24) is 0 Å². The highest BCUT2D eigenvalue weighted by atomic mass is 19.1. The van der Waals surface area contributed by atoms with Crippen LogP contribution in [0.15, 0.2) is 18.2 Å². The molecule has 1 unspecified atom stereocenters. The van der Waals surface area contributed by atoms with E-state index in [-0.39, 0.29) is 11.9 Å². The van der Waals surface area contributed by atoms with Gasteiger partial charge in [-0.2, -0.15) is 0 Å². The summed E-state index contributed by atoms with van der Waals surface area (Å²) in [6, 6.07) is 5.41. The van der Waals surface area contributed by atoms with Gasteiger partial charge in [0, 0.05) is 12.1 Å². The molecule has 4 N–H and O–H groups in total. The second-order valence-electron chi connectivity index (χ2n) is 4.53. The first-order valence-corrected chi connectivity index (χ1v) is 5.35. The quantitative estimate of drug-likeness (QED) is 0.779. The van der Waals surface area contributed by atoms with Gasteiger partial charge in [-0.05, 0) is 42.9 Å². The fraction of sp³-hybridized carbons (Fsp3) is 0.500. The average molecular weight is 208 g/mol. The lowest BCUT2D eigenvalue weighted by atomic mass is 9.74. The highest BCUT2D eigenvalue weighted by Crippen LogP contribution is 2.35. The lowest BCUT2D eigenvalue weighted by molar-refractivity contribution is 0.224. The van der Waals surface area contributed by atoms with Crippen LogP contribution in [0.25, 0.3) is 0 Å². The van der Waals surface area contributed by atoms with Crippen molar-refractivity contribution in [2.24, 2.45) is 17.4 Å². The molecule has 3 heteroatoms. The number of nitrogens with two attached hydrogens (primary N) is 2. The van der Waals surface area contributed by atoms with Gasteiger partial charge in [-0.1, -0.05) is 12.1 Å². The summed E-state index contributed by atoms with van der Waals surface area (Å²) in [4.78, 5) is 0. The van der Waals surface area contributed by atoms with E-state index in [4.69, 9.17) is 11.5 Å². The first kappa shape index (κ1) is 10.6. The Morgan fingerprint density at radius 2 is 2.07 bits per heavy atom. The summed E-state index contributed by atoms with van der Waals surface area (Å²) >= 11 is 0. The normalized spacial score (nSPS) is 27.2. The maximum Gasteiger partial charge on any atom is 0.126 e. The number of halogens is 1. The molecule has 1 atom stereocenters. The minimum atomic E-state index is -0.170. The van der Waals surface area contributed by atoms with Crippen molar-refractivity contribution in [2.75, 3.05) is 0 Å². The van der Waals surface area contributed by atoms with Gasteiger partial charge in [-0.3, -0.25) is 0 Å². The smallest absolute Gasteiger partial charge is 0.126 e. The monoisotopic (exact) mass is 208 g/mol. The van der Waals surface area contributed by atoms with Gasteiger partial charge < -0.3 is 11.5 Å². The van der Waals surface area contributed by atoms with Crippen molar-refractivity contribution in [1.29, 1.82) is 0 Å². The average Bonchev–Trinajstić information content (AvgIpc) is 2.16. The predicted molar refractivity (Wildman–Crippen MR) is 58.8 cm³/mol. The van der Waals surface area contributed by atoms with Crippen LogP contribution in [0.3, 0.4) is 0 Å². The molecule has 15 heavy (non-hydrogen) atoms. The summed E-state index contributed by atoms with van der Waals surface area (Å²) in [5.41, 5.74) is 13.5. The van der Waals surface area contributed by atoms with Crippen LogP contribution in [0, 0.1) is 18.7 Å². The molecule has 1 fully saturated rings. The van der Waals surface area contributed by atoms with Gasteiger partial charge >= 0.3 is 0 Å². The fourth-order valence-electron chi connectivity index (χ4n) is 2.15. The van der Waals surface area contributed by atoms with E-state index in [0.29, 0.717) is 17.5 Å². The van der Waals surface area contributed by atoms with Gasteiger partial charge in [0.05, 0.1) is 0 Å². The van der Waals surface area contributed by atoms with E-state index >= 15 is 0 Å². The van der Waals surface area contributed by atoms with E-state index in [1.165, 1.54) is 6.07 Å². The Balaban J connectivity index is 2.12. The molecule has 0 aliphatic heterocycles. The van der Waals surface area contributed by atoms with Crippen molar-refractivity contribution in [3.63, 3.8) is 0 Å². The van der Waals surface area contributed by atoms with E-state index in [1.807, 2.05) is 6.07 Å². The Kier molecular flexibility index (Phi) is 2.76. The van der Waals surface area contributed by atoms with Crippen LogP contribution in [0.4, 0.5) is 4.39 Å². The Morgan fingerprint density at radius 3 is 2.60 bits per heavy atom. The molecular weight excluding hydrogens is 191 g/mol. The maximum atomic E-state index is 13.1. The third-order valence-corrected chi connectivity index (χ3v) is 3.29. The topological polar surface area (TPSA) is 52.0 Å². The van der Waals surface area contributed by atoms with E-state index in [2.05, 4.69) is 0 Å². The zero-order chi connectivity index (χ0) is 11.0. The van der Waals surface area contributed by atoms with Crippen LogP contribution in [-0.4, -0.2) is 6.04 Å². The summed E-state index contributed by atoms with van der Waals surface area (Å²) in [7, 11) is 0. The van der Waals surface area contributed by atoms with E-state index in [0.717, 1.165) is 18.4 Å². The number of hydrogen-bond acceptors (Lipinski definition) is 2. The van der Waals surface area contributed by atoms with Crippen LogP contribution in [-0.2, 0) is 0 Å². The molecule has 1 aromatic carbocycles. The standard InChI is InChI=1S/C12H17FN2/c1-7-4-8(2-3-11(7)13)12(15)9-5-10(14)6-9/h2-4,9-10,12H,5-6,14-15H2,1H3. The molecule has 1 aliphatic carbocycles. The molecule has 2 rings (SSSR count). The molecular formula is C12H17FN2. The Hall–Kier alpha value is -0.930. The van der Waals surface area contributed by atoms with Crippen LogP contribution in [0.2, 0.25) is 0 Å². The van der Waals surface area contributed by atoms with Gasteiger partial charge in [0.1, 0.15) is 5.82 Å². The van der Waals surface area contributed by atoms with Gasteiger partial charge in [0.25, 0.3) is 0 Å². The van der Waals surface area contributed by atoms with E-state index in [9.17, 15) is 4.39 Å². The van der Waals surface area contributed by atoms with E-state index in [1.54, 1.807) is 13.0 Å². The zero-order valence-electron chi connectivity index (χ0n) is 8.91.